The van der Waals surface area contributed by atoms with Crippen molar-refractivity contribution in [3.63, 3.8) is 0 Å². The first-order chi connectivity index (χ1) is 35.2. The van der Waals surface area contributed by atoms with E-state index in [-0.39, 0.29) is 44.7 Å². The van der Waals surface area contributed by atoms with Gasteiger partial charge < -0.3 is 14.7 Å². The molecule has 384 valence electrons. The van der Waals surface area contributed by atoms with Crippen LogP contribution in [0.2, 0.25) is 0 Å². The topological polar surface area (TPSA) is 9.72 Å². The molecule has 1 fully saturated rings. The fraction of sp³-hybridized carbons (Fsp3) is 0.408. The Morgan fingerprint density at radius 3 is 1.63 bits per heavy atom. The number of anilines is 8. The molecule has 0 bridgehead atoms. The van der Waals surface area contributed by atoms with Crippen LogP contribution in [-0.4, -0.2) is 12.3 Å². The first kappa shape index (κ1) is 49.9. The molecule has 0 N–H and O–H groups in total. The van der Waals surface area contributed by atoms with E-state index in [0.717, 1.165) is 19.3 Å². The second-order valence-corrected chi connectivity index (χ2v) is 28.5. The number of fused-ring (bicyclic) bond motifs is 8. The van der Waals surface area contributed by atoms with E-state index in [0.29, 0.717) is 0 Å². The molecule has 0 radical (unpaired) electrons. The predicted octanol–water partition coefficient (Wildman–Crippen LogP) is 17.7. The Morgan fingerprint density at radius 2 is 0.987 bits per heavy atom. The van der Waals surface area contributed by atoms with Gasteiger partial charge in [0.25, 0.3) is 6.71 Å². The summed E-state index contributed by atoms with van der Waals surface area (Å²) in [5.74, 6) is 0. The average molecular weight is 988 g/mol. The molecule has 5 aliphatic rings. The van der Waals surface area contributed by atoms with Crippen molar-refractivity contribution >= 4 is 68.6 Å². The van der Waals surface area contributed by atoms with Crippen LogP contribution in [0.25, 0.3) is 11.1 Å². The zero-order valence-corrected chi connectivity index (χ0v) is 48.4. The summed E-state index contributed by atoms with van der Waals surface area (Å²) in [7, 11) is 0. The van der Waals surface area contributed by atoms with Crippen molar-refractivity contribution in [2.24, 2.45) is 0 Å². The van der Waals surface area contributed by atoms with E-state index in [1.807, 2.05) is 0 Å². The zero-order valence-electron chi connectivity index (χ0n) is 48.4. The van der Waals surface area contributed by atoms with Crippen molar-refractivity contribution < 1.29 is 0 Å². The molecule has 2 aliphatic carbocycles. The molecule has 0 spiro atoms. The predicted molar refractivity (Wildman–Crippen MR) is 325 cm³/mol. The summed E-state index contributed by atoms with van der Waals surface area (Å²) in [5, 5.41) is 0. The maximum absolute atomic E-state index is 2.78. The summed E-state index contributed by atoms with van der Waals surface area (Å²) in [4.78, 5) is 8.22. The average Bonchev–Trinajstić information content (AvgIpc) is 3.63. The SMILES string of the molecule is Cc1cc(C(C)(C)C)ccc1N1c2cc(N3c4ccccc4C4(C)CCCCC34C)ccc2B2c3cc4c(cc3N(c3ccc(C(C)(C)C)cc3-c3ccccc3)c3cc(C(C)(C)C)cc1c32)C(C)(C)CCC4(C)C. The van der Waals surface area contributed by atoms with Gasteiger partial charge in [0.05, 0.1) is 11.2 Å². The lowest BCUT2D eigenvalue weighted by Gasteiger charge is -2.51. The highest BCUT2D eigenvalue weighted by molar-refractivity contribution is 7.00. The lowest BCUT2D eigenvalue weighted by molar-refractivity contribution is 0.195. The molecule has 2 atom stereocenters. The standard InChI is InChI=1S/C71H82BN3/c1-45-38-47(65(2,3)4)28-32-57(45)73-60-42-50(75-59-27-21-20-26-52(59)70(15)34-22-23-35-71(70,75)16)30-31-55(60)72-56-43-53-54(69(13,14)37-36-68(53,11)12)44-61(56)74(63-41-49(67(8,9)10)40-62(73)64(63)72)58-33-29-48(66(5,6)7)39-51(58)46-24-18-17-19-25-46/h17-21,24-33,38-44H,22-23,34-37H2,1-16H3. The van der Waals surface area contributed by atoms with E-state index < -0.39 is 0 Å². The quantitative estimate of drug-likeness (QED) is 0.163. The molecule has 3 nitrogen and oxygen atoms in total. The van der Waals surface area contributed by atoms with Crippen LogP contribution in [0.3, 0.4) is 0 Å². The Labute approximate surface area is 451 Å². The summed E-state index contributed by atoms with van der Waals surface area (Å²) in [6, 6.07) is 53.5. The number of rotatable bonds is 4. The van der Waals surface area contributed by atoms with Crippen molar-refractivity contribution in [3.05, 3.63) is 172 Å². The van der Waals surface area contributed by atoms with E-state index in [1.54, 1.807) is 0 Å². The molecular weight excluding hydrogens is 906 g/mol. The summed E-state index contributed by atoms with van der Waals surface area (Å²) >= 11 is 0. The maximum atomic E-state index is 2.78. The Hall–Kier alpha value is -6.00. The van der Waals surface area contributed by atoms with Gasteiger partial charge in [-0.1, -0.05) is 189 Å². The summed E-state index contributed by atoms with van der Waals surface area (Å²) in [6.45, 7) is 38.8. The van der Waals surface area contributed by atoms with E-state index in [2.05, 4.69) is 259 Å². The second kappa shape index (κ2) is 16.5. The summed E-state index contributed by atoms with van der Waals surface area (Å²) < 4.78 is 0. The molecule has 0 saturated heterocycles. The molecule has 7 aromatic rings. The molecule has 7 aromatic carbocycles. The highest BCUT2D eigenvalue weighted by Crippen LogP contribution is 2.61. The van der Waals surface area contributed by atoms with Crippen LogP contribution in [-0.2, 0) is 32.5 Å². The van der Waals surface area contributed by atoms with E-state index in [4.69, 9.17) is 0 Å². The number of hydrogen-bond acceptors (Lipinski definition) is 3. The normalized spacial score (nSPS) is 21.2. The molecule has 4 heteroatoms. The van der Waals surface area contributed by atoms with Crippen LogP contribution in [0.1, 0.15) is 181 Å². The fourth-order valence-electron chi connectivity index (χ4n) is 14.7. The monoisotopic (exact) mass is 988 g/mol. The lowest BCUT2D eigenvalue weighted by Crippen LogP contribution is -2.62. The number of nitrogens with zero attached hydrogens (tertiary/aromatic N) is 3. The van der Waals surface area contributed by atoms with E-state index in [1.165, 1.54) is 131 Å². The Kier molecular flexibility index (Phi) is 11.0. The molecular formula is C71H82BN3. The zero-order chi connectivity index (χ0) is 53.2. The van der Waals surface area contributed by atoms with E-state index >= 15 is 0 Å². The van der Waals surface area contributed by atoms with Crippen molar-refractivity contribution in [1.82, 2.24) is 0 Å². The Morgan fingerprint density at radius 1 is 0.427 bits per heavy atom. The third-order valence-corrected chi connectivity index (χ3v) is 19.7. The van der Waals surface area contributed by atoms with Gasteiger partial charge in [-0.25, -0.2) is 0 Å². The van der Waals surface area contributed by atoms with Crippen molar-refractivity contribution in [2.75, 3.05) is 14.7 Å². The van der Waals surface area contributed by atoms with Crippen LogP contribution < -0.4 is 31.1 Å². The number of benzene rings is 7. The minimum atomic E-state index is -0.147. The van der Waals surface area contributed by atoms with Gasteiger partial charge in [0.15, 0.2) is 0 Å². The largest absolute Gasteiger partial charge is 0.334 e. The highest BCUT2D eigenvalue weighted by atomic mass is 15.3. The van der Waals surface area contributed by atoms with Crippen molar-refractivity contribution in [2.45, 2.75) is 187 Å². The van der Waals surface area contributed by atoms with Crippen LogP contribution in [0.15, 0.2) is 133 Å². The number of aryl methyl sites for hydroxylation is 1. The third kappa shape index (κ3) is 7.48. The molecule has 1 saturated carbocycles. The van der Waals surface area contributed by atoms with Gasteiger partial charge in [0.1, 0.15) is 0 Å². The molecule has 3 aliphatic heterocycles. The molecule has 12 rings (SSSR count). The van der Waals surface area contributed by atoms with Crippen LogP contribution >= 0.6 is 0 Å². The molecule has 3 heterocycles. The highest BCUT2D eigenvalue weighted by Gasteiger charge is 2.58. The molecule has 75 heavy (non-hydrogen) atoms. The van der Waals surface area contributed by atoms with Crippen molar-refractivity contribution in [3.8, 4) is 11.1 Å². The molecule has 0 aromatic heterocycles. The molecule has 2 unspecified atom stereocenters. The smallest absolute Gasteiger partial charge is 0.252 e. The lowest BCUT2D eigenvalue weighted by atomic mass is 9.33. The first-order valence-corrected chi connectivity index (χ1v) is 28.6. The summed E-state index contributed by atoms with van der Waals surface area (Å²) in [6.07, 6.45) is 7.21. The third-order valence-electron chi connectivity index (χ3n) is 19.7. The van der Waals surface area contributed by atoms with Gasteiger partial charge in [-0.05, 0) is 182 Å². The second-order valence-electron chi connectivity index (χ2n) is 28.5. The van der Waals surface area contributed by atoms with E-state index in [9.17, 15) is 0 Å². The number of para-hydroxylation sites is 1. The number of hydrogen-bond donors (Lipinski definition) is 0. The Balaban J connectivity index is 1.22. The fourth-order valence-corrected chi connectivity index (χ4v) is 14.7. The van der Waals surface area contributed by atoms with Crippen molar-refractivity contribution in [1.29, 1.82) is 0 Å². The van der Waals surface area contributed by atoms with Gasteiger partial charge in [0, 0.05) is 50.8 Å². The Bertz CT molecular complexity index is 3470. The summed E-state index contributed by atoms with van der Waals surface area (Å²) in [5.41, 5.74) is 26.7. The van der Waals surface area contributed by atoms with Crippen LogP contribution in [0.4, 0.5) is 45.5 Å². The van der Waals surface area contributed by atoms with Gasteiger partial charge in [-0.2, -0.15) is 0 Å². The van der Waals surface area contributed by atoms with Gasteiger partial charge in [-0.15, -0.1) is 0 Å². The molecule has 0 amide bonds. The van der Waals surface area contributed by atoms with Gasteiger partial charge >= 0.3 is 0 Å². The minimum absolute atomic E-state index is 0.00807. The van der Waals surface area contributed by atoms with Crippen LogP contribution in [0.5, 0.6) is 0 Å². The van der Waals surface area contributed by atoms with Gasteiger partial charge in [0.2, 0.25) is 0 Å². The minimum Gasteiger partial charge on any atom is -0.334 e. The first-order valence-electron chi connectivity index (χ1n) is 28.6. The van der Waals surface area contributed by atoms with Crippen LogP contribution in [0, 0.1) is 6.92 Å². The van der Waals surface area contributed by atoms with Gasteiger partial charge in [-0.3, -0.25) is 0 Å². The maximum Gasteiger partial charge on any atom is 0.252 e.